The summed E-state index contributed by atoms with van der Waals surface area (Å²) < 4.78 is 24.5. The van der Waals surface area contributed by atoms with E-state index in [1.54, 1.807) is 26.2 Å². The minimum absolute atomic E-state index is 0.000223. The lowest BCUT2D eigenvalue weighted by Crippen LogP contribution is -2.50. The van der Waals surface area contributed by atoms with Crippen molar-refractivity contribution >= 4 is 11.8 Å². The summed E-state index contributed by atoms with van der Waals surface area (Å²) in [5, 5.41) is 3.05. The predicted octanol–water partition coefficient (Wildman–Crippen LogP) is 3.69. The van der Waals surface area contributed by atoms with Gasteiger partial charge in [-0.2, -0.15) is 0 Å². The minimum Gasteiger partial charge on any atom is -0.497 e. The molecule has 0 radical (unpaired) electrons. The van der Waals surface area contributed by atoms with Gasteiger partial charge in [-0.3, -0.25) is 9.59 Å². The second-order valence-electron chi connectivity index (χ2n) is 7.76. The smallest absolute Gasteiger partial charge is 0.261 e. The fraction of sp³-hybridized carbons (Fsp3) is 0.417. The van der Waals surface area contributed by atoms with Crippen molar-refractivity contribution in [2.75, 3.05) is 13.7 Å². The van der Waals surface area contributed by atoms with Gasteiger partial charge in [0.2, 0.25) is 5.91 Å². The molecule has 1 atom stereocenters. The number of amides is 2. The summed E-state index contributed by atoms with van der Waals surface area (Å²) >= 11 is 0. The first-order chi connectivity index (χ1) is 15.0. The number of halogens is 1. The molecule has 6 nitrogen and oxygen atoms in total. The summed E-state index contributed by atoms with van der Waals surface area (Å²) in [6.45, 7) is 1.54. The average molecular weight is 429 g/mol. The van der Waals surface area contributed by atoms with Crippen LogP contribution < -0.4 is 14.8 Å². The molecule has 1 N–H and O–H groups in total. The van der Waals surface area contributed by atoms with Gasteiger partial charge in [-0.15, -0.1) is 0 Å². The van der Waals surface area contributed by atoms with Gasteiger partial charge in [-0.05, 0) is 49.6 Å². The first-order valence-electron chi connectivity index (χ1n) is 10.6. The van der Waals surface area contributed by atoms with E-state index in [0.717, 1.165) is 31.2 Å². The van der Waals surface area contributed by atoms with Gasteiger partial charge in [-0.1, -0.05) is 37.1 Å². The van der Waals surface area contributed by atoms with E-state index in [-0.39, 0.29) is 30.9 Å². The van der Waals surface area contributed by atoms with Gasteiger partial charge in [0.1, 0.15) is 11.8 Å². The minimum atomic E-state index is -0.705. The SMILES string of the molecule is COc1cccc(CN(C(=O)COc2ccccc2F)[C@H](C)C(=O)NC2CCCC2)c1. The first-order valence-corrected chi connectivity index (χ1v) is 10.6. The molecular weight excluding hydrogens is 399 g/mol. The van der Waals surface area contributed by atoms with Crippen molar-refractivity contribution in [3.8, 4) is 11.5 Å². The molecule has 0 aromatic heterocycles. The van der Waals surface area contributed by atoms with Crippen LogP contribution >= 0.6 is 0 Å². The standard InChI is InChI=1S/C24H29FN2O4/c1-17(24(29)26-19-9-3-4-10-19)27(15-18-8-7-11-20(14-18)30-2)23(28)16-31-22-13-6-5-12-21(22)25/h5-8,11-14,17,19H,3-4,9-10,15-16H2,1-2H3,(H,26,29)/t17-/m1/s1. The fourth-order valence-corrected chi connectivity index (χ4v) is 3.73. The number of hydrogen-bond donors (Lipinski definition) is 1. The topological polar surface area (TPSA) is 67.9 Å². The van der Waals surface area contributed by atoms with E-state index in [9.17, 15) is 14.0 Å². The second kappa shape index (κ2) is 10.8. The van der Waals surface area contributed by atoms with Crippen LogP contribution in [0.15, 0.2) is 48.5 Å². The van der Waals surface area contributed by atoms with Gasteiger partial charge >= 0.3 is 0 Å². The van der Waals surface area contributed by atoms with Crippen molar-refractivity contribution in [2.24, 2.45) is 0 Å². The lowest BCUT2D eigenvalue weighted by atomic mass is 10.1. The number of carbonyl (C=O) groups is 2. The van der Waals surface area contributed by atoms with Crippen LogP contribution in [0.3, 0.4) is 0 Å². The Bertz CT molecular complexity index is 899. The Morgan fingerprint density at radius 3 is 2.61 bits per heavy atom. The molecule has 1 fully saturated rings. The Hall–Kier alpha value is -3.09. The molecule has 1 aliphatic rings. The van der Waals surface area contributed by atoms with Gasteiger partial charge in [0.15, 0.2) is 18.2 Å². The number of rotatable bonds is 9. The van der Waals surface area contributed by atoms with Crippen LogP contribution in [0, 0.1) is 5.82 Å². The van der Waals surface area contributed by atoms with Crippen LogP contribution in [0.25, 0.3) is 0 Å². The van der Waals surface area contributed by atoms with Crippen molar-refractivity contribution in [1.29, 1.82) is 0 Å². The third-order valence-electron chi connectivity index (χ3n) is 5.54. The maximum atomic E-state index is 13.9. The third kappa shape index (κ3) is 6.20. The summed E-state index contributed by atoms with van der Waals surface area (Å²) in [7, 11) is 1.57. The van der Waals surface area contributed by atoms with E-state index in [2.05, 4.69) is 5.32 Å². The molecule has 0 heterocycles. The maximum Gasteiger partial charge on any atom is 0.261 e. The number of hydrogen-bond acceptors (Lipinski definition) is 4. The Balaban J connectivity index is 1.73. The quantitative estimate of drug-likeness (QED) is 0.662. The molecule has 3 rings (SSSR count). The third-order valence-corrected chi connectivity index (χ3v) is 5.54. The largest absolute Gasteiger partial charge is 0.497 e. The lowest BCUT2D eigenvalue weighted by Gasteiger charge is -2.29. The normalized spacial score (nSPS) is 14.7. The number of benzene rings is 2. The van der Waals surface area contributed by atoms with Gasteiger partial charge in [0.25, 0.3) is 5.91 Å². The summed E-state index contributed by atoms with van der Waals surface area (Å²) in [6.07, 6.45) is 4.11. The highest BCUT2D eigenvalue weighted by molar-refractivity contribution is 5.88. The number of nitrogens with zero attached hydrogens (tertiary/aromatic N) is 1. The number of para-hydroxylation sites is 1. The molecule has 0 saturated heterocycles. The van der Waals surface area contributed by atoms with Crippen LogP contribution in [0.4, 0.5) is 4.39 Å². The van der Waals surface area contributed by atoms with Crippen LogP contribution in [-0.4, -0.2) is 42.5 Å². The Kier molecular flexibility index (Phi) is 7.87. The fourth-order valence-electron chi connectivity index (χ4n) is 3.73. The molecule has 0 aliphatic heterocycles. The van der Waals surface area contributed by atoms with Crippen LogP contribution in [-0.2, 0) is 16.1 Å². The van der Waals surface area contributed by atoms with Crippen LogP contribution in [0.5, 0.6) is 11.5 Å². The Labute approximate surface area is 182 Å². The Morgan fingerprint density at radius 1 is 1.16 bits per heavy atom. The summed E-state index contributed by atoms with van der Waals surface area (Å²) in [4.78, 5) is 27.4. The number of nitrogens with one attached hydrogen (secondary N) is 1. The summed E-state index contributed by atoms with van der Waals surface area (Å²) in [5.41, 5.74) is 0.819. The zero-order chi connectivity index (χ0) is 22.2. The van der Waals surface area contributed by atoms with Gasteiger partial charge in [-0.25, -0.2) is 4.39 Å². The maximum absolute atomic E-state index is 13.9. The summed E-state index contributed by atoms with van der Waals surface area (Å²) in [6, 6.07) is 12.7. The highest BCUT2D eigenvalue weighted by Crippen LogP contribution is 2.20. The molecule has 0 spiro atoms. The first kappa shape index (κ1) is 22.6. The second-order valence-corrected chi connectivity index (χ2v) is 7.76. The molecule has 2 amide bonds. The Morgan fingerprint density at radius 2 is 1.90 bits per heavy atom. The number of ether oxygens (including phenoxy) is 2. The van der Waals surface area contributed by atoms with E-state index < -0.39 is 17.8 Å². The van der Waals surface area contributed by atoms with Crippen molar-refractivity contribution < 1.29 is 23.5 Å². The lowest BCUT2D eigenvalue weighted by molar-refractivity contribution is -0.142. The molecule has 166 valence electrons. The summed E-state index contributed by atoms with van der Waals surface area (Å²) in [5.74, 6) is -0.480. The molecule has 31 heavy (non-hydrogen) atoms. The van der Waals surface area contributed by atoms with E-state index in [4.69, 9.17) is 9.47 Å². The predicted molar refractivity (Wildman–Crippen MR) is 115 cm³/mol. The molecule has 7 heteroatoms. The monoisotopic (exact) mass is 428 g/mol. The zero-order valence-electron chi connectivity index (χ0n) is 18.0. The molecule has 1 saturated carbocycles. The average Bonchev–Trinajstić information content (AvgIpc) is 3.29. The van der Waals surface area contributed by atoms with Gasteiger partial charge in [0.05, 0.1) is 7.11 Å². The van der Waals surface area contributed by atoms with Crippen molar-refractivity contribution in [1.82, 2.24) is 10.2 Å². The van der Waals surface area contributed by atoms with E-state index in [1.807, 2.05) is 24.3 Å². The van der Waals surface area contributed by atoms with Crippen molar-refractivity contribution in [3.05, 3.63) is 59.9 Å². The molecule has 2 aromatic rings. The van der Waals surface area contributed by atoms with Crippen molar-refractivity contribution in [2.45, 2.75) is 51.2 Å². The van der Waals surface area contributed by atoms with Crippen LogP contribution in [0.2, 0.25) is 0 Å². The molecular formula is C24H29FN2O4. The number of carbonyl (C=O) groups excluding carboxylic acids is 2. The molecule has 2 aromatic carbocycles. The van der Waals surface area contributed by atoms with E-state index in [1.165, 1.54) is 17.0 Å². The van der Waals surface area contributed by atoms with Crippen LogP contribution in [0.1, 0.15) is 38.2 Å². The van der Waals surface area contributed by atoms with E-state index in [0.29, 0.717) is 5.75 Å². The molecule has 1 aliphatic carbocycles. The van der Waals surface area contributed by atoms with Crippen molar-refractivity contribution in [3.63, 3.8) is 0 Å². The van der Waals surface area contributed by atoms with Gasteiger partial charge < -0.3 is 19.7 Å². The highest BCUT2D eigenvalue weighted by Gasteiger charge is 2.29. The van der Waals surface area contributed by atoms with Gasteiger partial charge in [0, 0.05) is 12.6 Å². The number of methoxy groups -OCH3 is 1. The highest BCUT2D eigenvalue weighted by atomic mass is 19.1. The zero-order valence-corrected chi connectivity index (χ0v) is 18.0. The molecule has 0 bridgehead atoms. The van der Waals surface area contributed by atoms with E-state index >= 15 is 0 Å². The molecule has 0 unspecified atom stereocenters.